The third-order valence-electron chi connectivity index (χ3n) is 4.40. The molecule has 0 bridgehead atoms. The van der Waals surface area contributed by atoms with Gasteiger partial charge in [0.15, 0.2) is 0 Å². The number of thiophene rings is 1. The molecule has 0 unspecified atom stereocenters. The fourth-order valence-electron chi connectivity index (χ4n) is 3.04. The van der Waals surface area contributed by atoms with Gasteiger partial charge in [-0.1, -0.05) is 36.0 Å². The number of thioether (sulfide) groups is 1. The van der Waals surface area contributed by atoms with Gasteiger partial charge in [0.2, 0.25) is 0 Å². The quantitative estimate of drug-likeness (QED) is 0.531. The first-order chi connectivity index (χ1) is 14.1. The molecular weight excluding hydrogens is 406 g/mol. The molecule has 0 aliphatic carbocycles. The molecule has 0 spiro atoms. The number of benzene rings is 2. The summed E-state index contributed by atoms with van der Waals surface area (Å²) in [5.74, 6) is 0.202. The minimum Gasteiger partial charge on any atom is -0.497 e. The van der Waals surface area contributed by atoms with Crippen molar-refractivity contribution in [3.63, 3.8) is 0 Å². The van der Waals surface area contributed by atoms with Gasteiger partial charge in [-0.2, -0.15) is 0 Å². The lowest BCUT2D eigenvalue weighted by Crippen LogP contribution is -2.31. The summed E-state index contributed by atoms with van der Waals surface area (Å²) >= 11 is 2.72. The third-order valence-corrected chi connectivity index (χ3v) is 6.38. The summed E-state index contributed by atoms with van der Waals surface area (Å²) in [5.41, 5.74) is 0.767. The Morgan fingerprint density at radius 3 is 2.34 bits per heavy atom. The minimum atomic E-state index is -0.376. The van der Waals surface area contributed by atoms with Gasteiger partial charge in [-0.05, 0) is 35.7 Å². The summed E-state index contributed by atoms with van der Waals surface area (Å²) < 4.78 is 10.7. The van der Waals surface area contributed by atoms with Crippen molar-refractivity contribution in [2.24, 2.45) is 0 Å². The van der Waals surface area contributed by atoms with Gasteiger partial charge >= 0.3 is 0 Å². The molecule has 0 N–H and O–H groups in total. The van der Waals surface area contributed by atoms with E-state index in [9.17, 15) is 9.59 Å². The van der Waals surface area contributed by atoms with Crippen LogP contribution in [-0.2, 0) is 9.59 Å². The Hall–Kier alpha value is -3.03. The fourth-order valence-corrected chi connectivity index (χ4v) is 4.88. The second-order valence-electron chi connectivity index (χ2n) is 6.08. The van der Waals surface area contributed by atoms with E-state index in [0.29, 0.717) is 27.7 Å². The normalized spacial score (nSPS) is 13.9. The second kappa shape index (κ2) is 8.14. The van der Waals surface area contributed by atoms with Crippen LogP contribution in [0.1, 0.15) is 4.88 Å². The van der Waals surface area contributed by atoms with Crippen LogP contribution in [0.5, 0.6) is 11.5 Å². The smallest absolute Gasteiger partial charge is 0.273 e. The molecule has 2 aromatic carbocycles. The largest absolute Gasteiger partial charge is 0.497 e. The standard InChI is InChI=1S/C22H17NO4S2/c1-26-14-10-11-17(27-2)16(13-14)23-21(24)19(18-9-6-12-28-18)20(22(23)25)29-15-7-4-3-5-8-15/h3-13H,1-2H3. The number of carbonyl (C=O) groups excluding carboxylic acids is 2. The van der Waals surface area contributed by atoms with Crippen molar-refractivity contribution in [2.75, 3.05) is 19.1 Å². The topological polar surface area (TPSA) is 55.8 Å². The van der Waals surface area contributed by atoms with Crippen LogP contribution < -0.4 is 14.4 Å². The lowest BCUT2D eigenvalue weighted by Gasteiger charge is -2.19. The molecule has 0 atom stereocenters. The van der Waals surface area contributed by atoms with E-state index in [1.807, 2.05) is 47.8 Å². The Morgan fingerprint density at radius 2 is 1.69 bits per heavy atom. The van der Waals surface area contributed by atoms with Crippen molar-refractivity contribution in [3.8, 4) is 11.5 Å². The number of nitrogens with zero attached hydrogens (tertiary/aromatic N) is 1. The summed E-state index contributed by atoms with van der Waals surface area (Å²) in [6, 6.07) is 18.3. The summed E-state index contributed by atoms with van der Waals surface area (Å²) in [4.78, 5) is 30.1. The summed E-state index contributed by atoms with van der Waals surface area (Å²) in [7, 11) is 3.04. The van der Waals surface area contributed by atoms with Crippen LogP contribution in [0.4, 0.5) is 5.69 Å². The number of imide groups is 1. The van der Waals surface area contributed by atoms with Crippen molar-refractivity contribution in [2.45, 2.75) is 4.90 Å². The Kier molecular flexibility index (Phi) is 5.42. The zero-order chi connectivity index (χ0) is 20.4. The van der Waals surface area contributed by atoms with Gasteiger partial charge in [0.05, 0.1) is 30.4 Å². The zero-order valence-corrected chi connectivity index (χ0v) is 17.4. The SMILES string of the molecule is COc1ccc(OC)c(N2C(=O)C(Sc3ccccc3)=C(c3cccs3)C2=O)c1. The third kappa shape index (κ3) is 3.54. The predicted molar refractivity (Wildman–Crippen MR) is 116 cm³/mol. The maximum absolute atomic E-state index is 13.4. The Labute approximate surface area is 176 Å². The van der Waals surface area contributed by atoms with E-state index in [4.69, 9.17) is 9.47 Å². The molecule has 3 aromatic rings. The van der Waals surface area contributed by atoms with Gasteiger partial charge in [0.25, 0.3) is 11.8 Å². The fraction of sp³-hybridized carbons (Fsp3) is 0.0909. The number of hydrogen-bond acceptors (Lipinski definition) is 6. The number of ether oxygens (including phenoxy) is 2. The van der Waals surface area contributed by atoms with E-state index in [-0.39, 0.29) is 11.8 Å². The summed E-state index contributed by atoms with van der Waals surface area (Å²) in [6.07, 6.45) is 0. The Bertz CT molecular complexity index is 1090. The highest BCUT2D eigenvalue weighted by atomic mass is 32.2. The van der Waals surface area contributed by atoms with Crippen LogP contribution in [0.3, 0.4) is 0 Å². The molecule has 1 aromatic heterocycles. The first-order valence-electron chi connectivity index (χ1n) is 8.76. The van der Waals surface area contributed by atoms with Crippen LogP contribution in [0.15, 0.2) is 75.8 Å². The number of methoxy groups -OCH3 is 2. The average Bonchev–Trinajstić information content (AvgIpc) is 3.35. The molecule has 5 nitrogen and oxygen atoms in total. The highest BCUT2D eigenvalue weighted by molar-refractivity contribution is 8.04. The second-order valence-corrected chi connectivity index (χ2v) is 8.11. The lowest BCUT2D eigenvalue weighted by molar-refractivity contribution is -0.119. The Balaban J connectivity index is 1.83. The molecule has 29 heavy (non-hydrogen) atoms. The van der Waals surface area contributed by atoms with Crippen molar-refractivity contribution in [1.29, 1.82) is 0 Å². The van der Waals surface area contributed by atoms with E-state index >= 15 is 0 Å². The van der Waals surface area contributed by atoms with E-state index in [2.05, 4.69) is 0 Å². The van der Waals surface area contributed by atoms with Gasteiger partial charge in [-0.15, -0.1) is 11.3 Å². The van der Waals surface area contributed by atoms with Crippen LogP contribution >= 0.6 is 23.1 Å². The monoisotopic (exact) mass is 423 g/mol. The molecule has 7 heteroatoms. The highest BCUT2D eigenvalue weighted by Crippen LogP contribution is 2.45. The number of anilines is 1. The van der Waals surface area contributed by atoms with Crippen molar-refractivity contribution < 1.29 is 19.1 Å². The van der Waals surface area contributed by atoms with Crippen molar-refractivity contribution in [1.82, 2.24) is 0 Å². The van der Waals surface area contributed by atoms with Gasteiger partial charge in [0.1, 0.15) is 11.5 Å². The highest BCUT2D eigenvalue weighted by Gasteiger charge is 2.42. The molecule has 0 fully saturated rings. The van der Waals surface area contributed by atoms with Crippen molar-refractivity contribution >= 4 is 46.2 Å². The first-order valence-corrected chi connectivity index (χ1v) is 10.5. The van der Waals surface area contributed by atoms with Gasteiger partial charge < -0.3 is 9.47 Å². The summed E-state index contributed by atoms with van der Waals surface area (Å²) in [6.45, 7) is 0. The maximum Gasteiger partial charge on any atom is 0.273 e. The molecule has 4 rings (SSSR count). The first kappa shape index (κ1) is 19.3. The van der Waals surface area contributed by atoms with E-state index in [0.717, 1.165) is 9.77 Å². The molecule has 2 heterocycles. The number of carbonyl (C=O) groups is 2. The van der Waals surface area contributed by atoms with Crippen LogP contribution in [0.2, 0.25) is 0 Å². The molecule has 0 saturated carbocycles. The predicted octanol–water partition coefficient (Wildman–Crippen LogP) is 4.84. The van der Waals surface area contributed by atoms with Crippen LogP contribution in [0, 0.1) is 0 Å². The molecule has 1 aliphatic heterocycles. The van der Waals surface area contributed by atoms with E-state index in [1.165, 1.54) is 42.2 Å². The Morgan fingerprint density at radius 1 is 0.897 bits per heavy atom. The van der Waals surface area contributed by atoms with Crippen molar-refractivity contribution in [3.05, 3.63) is 75.8 Å². The number of amides is 2. The molecule has 146 valence electrons. The van der Waals surface area contributed by atoms with Crippen LogP contribution in [0.25, 0.3) is 5.57 Å². The zero-order valence-electron chi connectivity index (χ0n) is 15.7. The lowest BCUT2D eigenvalue weighted by atomic mass is 10.2. The van der Waals surface area contributed by atoms with Gasteiger partial charge in [-0.3, -0.25) is 9.59 Å². The average molecular weight is 424 g/mol. The van der Waals surface area contributed by atoms with Crippen LogP contribution in [-0.4, -0.2) is 26.0 Å². The molecule has 0 radical (unpaired) electrons. The molecular formula is C22H17NO4S2. The number of rotatable bonds is 6. The van der Waals surface area contributed by atoms with Gasteiger partial charge in [-0.25, -0.2) is 4.90 Å². The van der Waals surface area contributed by atoms with Gasteiger partial charge in [0, 0.05) is 15.8 Å². The minimum absolute atomic E-state index is 0.361. The summed E-state index contributed by atoms with van der Waals surface area (Å²) in [5, 5.41) is 1.89. The molecule has 0 saturated heterocycles. The van der Waals surface area contributed by atoms with E-state index in [1.54, 1.807) is 18.2 Å². The maximum atomic E-state index is 13.4. The molecule has 1 aliphatic rings. The number of hydrogen-bond donors (Lipinski definition) is 0. The molecule has 2 amide bonds. The van der Waals surface area contributed by atoms with E-state index < -0.39 is 0 Å².